The molecule has 0 amide bonds. The lowest BCUT2D eigenvalue weighted by atomic mass is 10.0. The number of imidazole rings is 1. The molecule has 0 fully saturated rings. The Hall–Kier alpha value is -3.67. The zero-order valence-electron chi connectivity index (χ0n) is 13.8. The molecule has 4 aromatic rings. The van der Waals surface area contributed by atoms with Gasteiger partial charge in [-0.2, -0.15) is 0 Å². The van der Waals surface area contributed by atoms with Crippen molar-refractivity contribution in [3.05, 3.63) is 113 Å². The Morgan fingerprint density at radius 2 is 1.69 bits per heavy atom. The van der Waals surface area contributed by atoms with Crippen LogP contribution in [0.2, 0.25) is 0 Å². The Bertz CT molecular complexity index is 1010. The van der Waals surface area contributed by atoms with Gasteiger partial charge in [-0.3, -0.25) is 10.1 Å². The average Bonchev–Trinajstić information content (AvgIpc) is 3.36. The molecule has 0 saturated carbocycles. The fraction of sp³-hybridized carbons (Fsp3) is 0.0500. The lowest BCUT2D eigenvalue weighted by Gasteiger charge is -2.18. The van der Waals surface area contributed by atoms with Crippen LogP contribution in [-0.4, -0.2) is 19.0 Å². The highest BCUT2D eigenvalue weighted by molar-refractivity contribution is 5.43. The molecular weight excluding hydrogens is 328 g/mol. The molecule has 26 heavy (non-hydrogen) atoms. The fourth-order valence-electron chi connectivity index (χ4n) is 3.08. The molecule has 0 aliphatic heterocycles. The van der Waals surface area contributed by atoms with Crippen LogP contribution in [0.3, 0.4) is 0 Å². The van der Waals surface area contributed by atoms with Crippen molar-refractivity contribution in [2.24, 2.45) is 0 Å². The molecule has 0 saturated heterocycles. The molecule has 0 N–H and O–H groups in total. The van der Waals surface area contributed by atoms with E-state index in [4.69, 9.17) is 0 Å². The summed E-state index contributed by atoms with van der Waals surface area (Å²) in [5.41, 5.74) is 3.22. The average molecular weight is 344 g/mol. The quantitative estimate of drug-likeness (QED) is 0.402. The summed E-state index contributed by atoms with van der Waals surface area (Å²) in [5, 5.41) is 10.8. The second-order valence-corrected chi connectivity index (χ2v) is 5.95. The van der Waals surface area contributed by atoms with Crippen LogP contribution >= 0.6 is 0 Å². The van der Waals surface area contributed by atoms with Crippen molar-refractivity contribution in [2.75, 3.05) is 0 Å². The van der Waals surface area contributed by atoms with Crippen molar-refractivity contribution in [3.8, 4) is 5.69 Å². The van der Waals surface area contributed by atoms with E-state index < -0.39 is 4.92 Å². The monoisotopic (exact) mass is 344 g/mol. The van der Waals surface area contributed by atoms with Gasteiger partial charge in [-0.15, -0.1) is 0 Å². The smallest absolute Gasteiger partial charge is 0.269 e. The molecule has 1 atom stereocenters. The van der Waals surface area contributed by atoms with E-state index in [1.165, 1.54) is 12.1 Å². The van der Waals surface area contributed by atoms with Gasteiger partial charge in [0.2, 0.25) is 0 Å². The number of nitrogens with zero attached hydrogens (tertiary/aromatic N) is 4. The summed E-state index contributed by atoms with van der Waals surface area (Å²) in [7, 11) is 0. The van der Waals surface area contributed by atoms with Gasteiger partial charge in [-0.1, -0.05) is 30.3 Å². The topological polar surface area (TPSA) is 65.9 Å². The summed E-state index contributed by atoms with van der Waals surface area (Å²) >= 11 is 0. The van der Waals surface area contributed by atoms with Gasteiger partial charge in [0.05, 0.1) is 17.3 Å². The van der Waals surface area contributed by atoms with Crippen molar-refractivity contribution in [1.29, 1.82) is 0 Å². The molecule has 0 spiro atoms. The van der Waals surface area contributed by atoms with Crippen LogP contribution in [0.5, 0.6) is 0 Å². The molecule has 2 aromatic carbocycles. The molecule has 1 unspecified atom stereocenters. The lowest BCUT2D eigenvalue weighted by Crippen LogP contribution is -2.09. The minimum atomic E-state index is -0.394. The van der Waals surface area contributed by atoms with Gasteiger partial charge < -0.3 is 9.13 Å². The van der Waals surface area contributed by atoms with E-state index in [9.17, 15) is 10.1 Å². The number of nitro benzene ring substituents is 1. The first kappa shape index (κ1) is 15.8. The van der Waals surface area contributed by atoms with Crippen molar-refractivity contribution < 1.29 is 4.92 Å². The minimum Gasteiger partial charge on any atom is -0.326 e. The molecule has 6 nitrogen and oxygen atoms in total. The van der Waals surface area contributed by atoms with E-state index in [-0.39, 0.29) is 11.7 Å². The molecule has 0 aliphatic rings. The van der Waals surface area contributed by atoms with E-state index >= 15 is 0 Å². The third-order valence-electron chi connectivity index (χ3n) is 4.33. The first-order valence-corrected chi connectivity index (χ1v) is 8.17. The van der Waals surface area contributed by atoms with Crippen molar-refractivity contribution in [3.63, 3.8) is 0 Å². The van der Waals surface area contributed by atoms with Gasteiger partial charge in [0.1, 0.15) is 0 Å². The summed E-state index contributed by atoms with van der Waals surface area (Å²) < 4.78 is 4.02. The summed E-state index contributed by atoms with van der Waals surface area (Å²) in [4.78, 5) is 14.6. The second kappa shape index (κ2) is 6.68. The van der Waals surface area contributed by atoms with E-state index in [0.29, 0.717) is 0 Å². The first-order chi connectivity index (χ1) is 12.7. The highest BCUT2D eigenvalue weighted by Crippen LogP contribution is 2.28. The zero-order valence-corrected chi connectivity index (χ0v) is 13.8. The highest BCUT2D eigenvalue weighted by atomic mass is 16.6. The molecule has 128 valence electrons. The zero-order chi connectivity index (χ0) is 17.9. The fourth-order valence-corrected chi connectivity index (χ4v) is 3.08. The Morgan fingerprint density at radius 3 is 2.35 bits per heavy atom. The Morgan fingerprint density at radius 1 is 0.923 bits per heavy atom. The van der Waals surface area contributed by atoms with Crippen LogP contribution in [0.4, 0.5) is 5.69 Å². The predicted octanol–water partition coefficient (Wildman–Crippen LogP) is 4.22. The number of rotatable bonds is 5. The van der Waals surface area contributed by atoms with Crippen LogP contribution in [-0.2, 0) is 0 Å². The molecule has 0 radical (unpaired) electrons. The standard InChI is InChI=1S/C20H16N4O2/c25-24(26)19-8-6-18(7-9-19)22-12-10-17(14-22)20(23-13-11-21-15-23)16-4-2-1-3-5-16/h1-15,20H. The van der Waals surface area contributed by atoms with Gasteiger partial charge in [0.15, 0.2) is 0 Å². The number of benzene rings is 2. The van der Waals surface area contributed by atoms with Gasteiger partial charge in [0.25, 0.3) is 5.69 Å². The maximum absolute atomic E-state index is 10.8. The van der Waals surface area contributed by atoms with Crippen molar-refractivity contribution >= 4 is 5.69 Å². The maximum Gasteiger partial charge on any atom is 0.269 e. The molecule has 0 bridgehead atoms. The van der Waals surface area contributed by atoms with E-state index in [1.54, 1.807) is 24.7 Å². The Kier molecular flexibility index (Phi) is 4.07. The molecule has 4 rings (SSSR count). The summed E-state index contributed by atoms with van der Waals surface area (Å²) in [6.07, 6.45) is 9.52. The lowest BCUT2D eigenvalue weighted by molar-refractivity contribution is -0.384. The van der Waals surface area contributed by atoms with Gasteiger partial charge >= 0.3 is 0 Å². The second-order valence-electron chi connectivity index (χ2n) is 5.95. The Labute approximate surface area is 150 Å². The number of non-ortho nitro benzene ring substituents is 1. The van der Waals surface area contributed by atoms with Crippen LogP contribution in [0.15, 0.2) is 91.8 Å². The molecule has 2 aromatic heterocycles. The SMILES string of the molecule is O=[N+]([O-])c1ccc(-n2ccc(C(c3ccccc3)n3ccnc3)c2)cc1. The van der Waals surface area contributed by atoms with E-state index in [2.05, 4.69) is 27.8 Å². The maximum atomic E-state index is 10.8. The number of hydrogen-bond acceptors (Lipinski definition) is 3. The Balaban J connectivity index is 1.71. The van der Waals surface area contributed by atoms with Gasteiger partial charge in [-0.25, -0.2) is 4.98 Å². The van der Waals surface area contributed by atoms with Crippen LogP contribution in [0.25, 0.3) is 5.69 Å². The predicted molar refractivity (Wildman–Crippen MR) is 98.3 cm³/mol. The number of nitro groups is 1. The van der Waals surface area contributed by atoms with Crippen molar-refractivity contribution in [2.45, 2.75) is 6.04 Å². The first-order valence-electron chi connectivity index (χ1n) is 8.17. The minimum absolute atomic E-state index is 0.0120. The van der Waals surface area contributed by atoms with Crippen LogP contribution in [0.1, 0.15) is 17.2 Å². The van der Waals surface area contributed by atoms with Gasteiger partial charge in [-0.05, 0) is 29.3 Å². The number of hydrogen-bond donors (Lipinski definition) is 0. The largest absolute Gasteiger partial charge is 0.326 e. The molecule has 6 heteroatoms. The normalized spacial score (nSPS) is 12.0. The van der Waals surface area contributed by atoms with Gasteiger partial charge in [0, 0.05) is 42.6 Å². The van der Waals surface area contributed by atoms with Crippen LogP contribution in [0, 0.1) is 10.1 Å². The van der Waals surface area contributed by atoms with Crippen molar-refractivity contribution in [1.82, 2.24) is 14.1 Å². The van der Waals surface area contributed by atoms with E-state index in [0.717, 1.165) is 16.8 Å². The van der Waals surface area contributed by atoms with Crippen LogP contribution < -0.4 is 0 Å². The third kappa shape index (κ3) is 3.00. The number of aromatic nitrogens is 3. The van der Waals surface area contributed by atoms with E-state index in [1.807, 2.05) is 41.4 Å². The third-order valence-corrected chi connectivity index (χ3v) is 4.33. The summed E-state index contributed by atoms with van der Waals surface area (Å²) in [6, 6.07) is 18.8. The summed E-state index contributed by atoms with van der Waals surface area (Å²) in [5.74, 6) is 0. The molecule has 2 heterocycles. The highest BCUT2D eigenvalue weighted by Gasteiger charge is 2.17. The molecular formula is C20H16N4O2. The summed E-state index contributed by atoms with van der Waals surface area (Å²) in [6.45, 7) is 0. The molecule has 0 aliphatic carbocycles.